The van der Waals surface area contributed by atoms with Gasteiger partial charge in [0.2, 0.25) is 0 Å². The molecule has 0 unspecified atom stereocenters. The number of allylic oxidation sites excluding steroid dienone is 1. The molecule has 1 aliphatic rings. The second-order valence-corrected chi connectivity index (χ2v) is 11.8. The minimum absolute atomic E-state index is 0.179. The van der Waals surface area contributed by atoms with Crippen LogP contribution in [0.4, 0.5) is 0 Å². The lowest BCUT2D eigenvalue weighted by Crippen LogP contribution is -2.40. The maximum atomic E-state index is 14.2. The Morgan fingerprint density at radius 2 is 1.69 bits per heavy atom. The molecular weight excluding hydrogens is 635 g/mol. The summed E-state index contributed by atoms with van der Waals surface area (Å²) in [7, 11) is 0. The monoisotopic (exact) mass is 666 g/mol. The minimum atomic E-state index is -0.795. The third kappa shape index (κ3) is 6.96. The van der Waals surface area contributed by atoms with E-state index in [9.17, 15) is 9.59 Å². The molecule has 3 aromatic carbocycles. The van der Waals surface area contributed by atoms with Crippen LogP contribution in [0.5, 0.6) is 17.2 Å². The molecule has 0 radical (unpaired) electrons. The van der Waals surface area contributed by atoms with Crippen molar-refractivity contribution in [3.63, 3.8) is 0 Å². The molecule has 234 valence electrons. The van der Waals surface area contributed by atoms with Crippen molar-refractivity contribution >= 4 is 46.6 Å². The van der Waals surface area contributed by atoms with Gasteiger partial charge < -0.3 is 18.9 Å². The molecule has 0 saturated carbocycles. The molecule has 5 rings (SSSR count). The third-order valence-corrected chi connectivity index (χ3v) is 8.57. The second-order valence-electron chi connectivity index (χ2n) is 9.94. The zero-order valence-electron chi connectivity index (χ0n) is 25.3. The molecule has 0 fully saturated rings. The smallest absolute Gasteiger partial charge is 0.338 e. The van der Waals surface area contributed by atoms with E-state index in [2.05, 4.69) is 4.99 Å². The van der Waals surface area contributed by atoms with Crippen LogP contribution in [-0.2, 0) is 16.1 Å². The standard InChI is InChI=1S/C34H32Cl2N2O6S/c1-5-41-27-15-13-22(16-28(27)42-6-2)31-30(33(40)43-7-3)20(4)37-34-38(31)32(39)29(45-34)17-21-10-8-9-11-26(21)44-19-23-12-14-24(35)18-25(23)36/h8-18,31H,5-7,19H2,1-4H3/b29-17-/t31-/m0/s1. The number of thiazole rings is 1. The van der Waals surface area contributed by atoms with Crippen LogP contribution in [0.25, 0.3) is 6.08 Å². The molecule has 0 N–H and O–H groups in total. The van der Waals surface area contributed by atoms with Gasteiger partial charge in [-0.05, 0) is 69.7 Å². The molecule has 11 heteroatoms. The lowest BCUT2D eigenvalue weighted by atomic mass is 9.95. The first-order valence-corrected chi connectivity index (χ1v) is 16.1. The largest absolute Gasteiger partial charge is 0.490 e. The Bertz CT molecular complexity index is 1950. The Morgan fingerprint density at radius 1 is 0.933 bits per heavy atom. The van der Waals surface area contributed by atoms with E-state index in [0.717, 1.165) is 5.56 Å². The van der Waals surface area contributed by atoms with Crippen LogP contribution in [0.15, 0.2) is 81.7 Å². The van der Waals surface area contributed by atoms with Crippen molar-refractivity contribution in [1.29, 1.82) is 0 Å². The highest BCUT2D eigenvalue weighted by atomic mass is 35.5. The van der Waals surface area contributed by atoms with Gasteiger partial charge in [0.25, 0.3) is 5.56 Å². The topological polar surface area (TPSA) is 88.4 Å². The first-order valence-electron chi connectivity index (χ1n) is 14.5. The number of fused-ring (bicyclic) bond motifs is 1. The minimum Gasteiger partial charge on any atom is -0.490 e. The SMILES string of the molecule is CCOC(=O)C1=C(C)N=c2s/c(=C\c3ccccc3OCc3ccc(Cl)cc3Cl)c(=O)n2[C@H]1c1ccc(OCC)c(OCC)c1. The van der Waals surface area contributed by atoms with Crippen LogP contribution in [0.2, 0.25) is 10.0 Å². The van der Waals surface area contributed by atoms with Crippen molar-refractivity contribution in [2.24, 2.45) is 4.99 Å². The molecule has 0 bridgehead atoms. The van der Waals surface area contributed by atoms with E-state index in [4.69, 9.17) is 42.1 Å². The fourth-order valence-corrected chi connectivity index (χ4v) is 6.51. The molecule has 0 spiro atoms. The highest BCUT2D eigenvalue weighted by Crippen LogP contribution is 2.36. The molecular formula is C34H32Cl2N2O6S. The number of esters is 1. The third-order valence-electron chi connectivity index (χ3n) is 7.00. The van der Waals surface area contributed by atoms with Gasteiger partial charge in [-0.3, -0.25) is 9.36 Å². The van der Waals surface area contributed by atoms with E-state index >= 15 is 0 Å². The van der Waals surface area contributed by atoms with E-state index in [1.54, 1.807) is 44.2 Å². The summed E-state index contributed by atoms with van der Waals surface area (Å²) in [5, 5.41) is 1.04. The number of halogens is 2. The predicted octanol–water partition coefficient (Wildman–Crippen LogP) is 6.48. The number of hydrogen-bond acceptors (Lipinski definition) is 8. The number of carbonyl (C=O) groups excluding carboxylic acids is 1. The molecule has 0 aliphatic carbocycles. The van der Waals surface area contributed by atoms with E-state index in [1.165, 1.54) is 15.9 Å². The highest BCUT2D eigenvalue weighted by Gasteiger charge is 2.34. The van der Waals surface area contributed by atoms with Gasteiger partial charge in [0.05, 0.1) is 41.7 Å². The fraction of sp³-hybridized carbons (Fsp3) is 0.265. The van der Waals surface area contributed by atoms with Crippen LogP contribution in [0.3, 0.4) is 0 Å². The first kappa shape index (κ1) is 32.3. The van der Waals surface area contributed by atoms with Crippen LogP contribution >= 0.6 is 34.5 Å². The second kappa shape index (κ2) is 14.4. The van der Waals surface area contributed by atoms with Crippen molar-refractivity contribution in [2.45, 2.75) is 40.3 Å². The van der Waals surface area contributed by atoms with Gasteiger partial charge in [0.1, 0.15) is 12.4 Å². The Balaban J connectivity index is 1.61. The number of rotatable bonds is 11. The van der Waals surface area contributed by atoms with Crippen LogP contribution in [0.1, 0.15) is 50.4 Å². The number of para-hydroxylation sites is 1. The lowest BCUT2D eigenvalue weighted by molar-refractivity contribution is -0.139. The predicted molar refractivity (Wildman–Crippen MR) is 176 cm³/mol. The number of aromatic nitrogens is 1. The average molecular weight is 668 g/mol. The van der Waals surface area contributed by atoms with Crippen molar-refractivity contribution in [3.05, 3.63) is 118 Å². The number of hydrogen-bond donors (Lipinski definition) is 0. The molecule has 0 amide bonds. The Labute approximate surface area is 274 Å². The summed E-state index contributed by atoms with van der Waals surface area (Å²) in [5.74, 6) is 1.13. The fourth-order valence-electron chi connectivity index (χ4n) is 5.01. The van der Waals surface area contributed by atoms with E-state index in [-0.39, 0.29) is 24.3 Å². The zero-order valence-corrected chi connectivity index (χ0v) is 27.6. The maximum absolute atomic E-state index is 14.2. The van der Waals surface area contributed by atoms with Crippen LogP contribution in [-0.4, -0.2) is 30.4 Å². The molecule has 2 heterocycles. The van der Waals surface area contributed by atoms with Gasteiger partial charge in [-0.15, -0.1) is 0 Å². The Hall–Kier alpha value is -4.05. The van der Waals surface area contributed by atoms with Gasteiger partial charge in [-0.2, -0.15) is 0 Å². The van der Waals surface area contributed by atoms with Crippen LogP contribution in [0, 0.1) is 0 Å². The molecule has 45 heavy (non-hydrogen) atoms. The first-order chi connectivity index (χ1) is 21.7. The molecule has 1 aliphatic heterocycles. The normalized spacial score (nSPS) is 14.5. The number of nitrogens with zero attached hydrogens (tertiary/aromatic N) is 2. The quantitative estimate of drug-likeness (QED) is 0.170. The highest BCUT2D eigenvalue weighted by molar-refractivity contribution is 7.07. The molecule has 4 aromatic rings. The van der Waals surface area contributed by atoms with Gasteiger partial charge in [0, 0.05) is 21.2 Å². The van der Waals surface area contributed by atoms with Gasteiger partial charge in [-0.25, -0.2) is 9.79 Å². The van der Waals surface area contributed by atoms with E-state index in [0.29, 0.717) is 66.7 Å². The zero-order chi connectivity index (χ0) is 32.1. The van der Waals surface area contributed by atoms with E-state index < -0.39 is 12.0 Å². The average Bonchev–Trinajstić information content (AvgIpc) is 3.31. The van der Waals surface area contributed by atoms with Crippen molar-refractivity contribution < 1.29 is 23.7 Å². The summed E-state index contributed by atoms with van der Waals surface area (Å²) in [4.78, 5) is 32.6. The van der Waals surface area contributed by atoms with Gasteiger partial charge in [-0.1, -0.05) is 64.9 Å². The summed E-state index contributed by atoms with van der Waals surface area (Å²) in [6.07, 6.45) is 1.77. The van der Waals surface area contributed by atoms with Crippen molar-refractivity contribution in [2.75, 3.05) is 19.8 Å². The van der Waals surface area contributed by atoms with Crippen molar-refractivity contribution in [1.82, 2.24) is 4.57 Å². The van der Waals surface area contributed by atoms with Gasteiger partial charge >= 0.3 is 5.97 Å². The summed E-state index contributed by atoms with van der Waals surface area (Å²) >= 11 is 13.6. The van der Waals surface area contributed by atoms with Crippen LogP contribution < -0.4 is 29.1 Å². The summed E-state index contributed by atoms with van der Waals surface area (Å²) in [6, 6.07) is 17.3. The van der Waals surface area contributed by atoms with Gasteiger partial charge in [0.15, 0.2) is 16.3 Å². The lowest BCUT2D eigenvalue weighted by Gasteiger charge is -2.25. The Morgan fingerprint density at radius 3 is 2.42 bits per heavy atom. The Kier molecular flexibility index (Phi) is 10.3. The number of ether oxygens (including phenoxy) is 4. The number of benzene rings is 3. The molecule has 8 nitrogen and oxygen atoms in total. The summed E-state index contributed by atoms with van der Waals surface area (Å²) in [5.41, 5.74) is 2.59. The number of carbonyl (C=O) groups is 1. The summed E-state index contributed by atoms with van der Waals surface area (Å²) in [6.45, 7) is 8.52. The molecule has 1 atom stereocenters. The maximum Gasteiger partial charge on any atom is 0.338 e. The molecule has 1 aromatic heterocycles. The van der Waals surface area contributed by atoms with E-state index in [1.807, 2.05) is 50.2 Å². The molecule has 0 saturated heterocycles. The van der Waals surface area contributed by atoms with Crippen molar-refractivity contribution in [3.8, 4) is 17.2 Å². The summed E-state index contributed by atoms with van der Waals surface area (Å²) < 4.78 is 25.2.